The lowest BCUT2D eigenvalue weighted by molar-refractivity contribution is -0.141. The predicted molar refractivity (Wildman–Crippen MR) is 55.4 cm³/mol. The molecule has 15 heavy (non-hydrogen) atoms. The minimum atomic E-state index is -1.13. The number of ether oxygens (including phenoxy) is 1. The third-order valence-electron chi connectivity index (χ3n) is 1.27. The second kappa shape index (κ2) is 7.13. The van der Waals surface area contributed by atoms with E-state index < -0.39 is 23.7 Å². The number of nitrogens with two attached hydrogens (primary N) is 1. The Morgan fingerprint density at radius 1 is 1.53 bits per heavy atom. The van der Waals surface area contributed by atoms with Crippen LogP contribution in [0.15, 0.2) is 11.2 Å². The maximum atomic E-state index is 10.9. The molecule has 0 aromatic rings. The first-order valence-corrected chi connectivity index (χ1v) is 5.20. The summed E-state index contributed by atoms with van der Waals surface area (Å²) in [6.45, 7) is 1.77. The zero-order valence-corrected chi connectivity index (χ0v) is 8.99. The second-order valence-corrected chi connectivity index (χ2v) is 3.40. The fourth-order valence-electron chi connectivity index (χ4n) is 0.555. The van der Waals surface area contributed by atoms with Gasteiger partial charge in [-0.25, -0.2) is 4.79 Å². The van der Waals surface area contributed by atoms with Crippen molar-refractivity contribution in [1.29, 1.82) is 0 Å². The SMILES string of the molecule is CCOC(=O)C(O)=CSCC(N)C(=O)O. The number of carboxylic acid groups (broad SMARTS) is 1. The first kappa shape index (κ1) is 13.8. The Morgan fingerprint density at radius 3 is 2.60 bits per heavy atom. The first-order chi connectivity index (χ1) is 6.99. The summed E-state index contributed by atoms with van der Waals surface area (Å²) in [6, 6.07) is -1.03. The molecule has 7 heteroatoms. The van der Waals surface area contributed by atoms with E-state index in [1.807, 2.05) is 0 Å². The van der Waals surface area contributed by atoms with E-state index >= 15 is 0 Å². The van der Waals surface area contributed by atoms with E-state index in [9.17, 15) is 9.59 Å². The highest BCUT2D eigenvalue weighted by Gasteiger charge is 2.12. The van der Waals surface area contributed by atoms with Crippen LogP contribution >= 0.6 is 11.8 Å². The van der Waals surface area contributed by atoms with Crippen molar-refractivity contribution in [1.82, 2.24) is 0 Å². The molecule has 0 aliphatic heterocycles. The van der Waals surface area contributed by atoms with Gasteiger partial charge in [0.05, 0.1) is 6.61 Å². The van der Waals surface area contributed by atoms with Crippen LogP contribution in [0.4, 0.5) is 0 Å². The van der Waals surface area contributed by atoms with Crippen molar-refractivity contribution in [2.45, 2.75) is 13.0 Å². The van der Waals surface area contributed by atoms with Crippen molar-refractivity contribution in [3.63, 3.8) is 0 Å². The monoisotopic (exact) mass is 235 g/mol. The van der Waals surface area contributed by atoms with Crippen molar-refractivity contribution in [3.8, 4) is 0 Å². The molecule has 1 unspecified atom stereocenters. The standard InChI is InChI=1S/C8H13NO5S/c1-2-14-8(13)6(10)4-15-3-5(9)7(11)12/h4-5,10H,2-3,9H2,1H3,(H,11,12). The van der Waals surface area contributed by atoms with Crippen LogP contribution in [0.2, 0.25) is 0 Å². The summed E-state index contributed by atoms with van der Waals surface area (Å²) in [5, 5.41) is 18.6. The number of hydrogen-bond acceptors (Lipinski definition) is 6. The van der Waals surface area contributed by atoms with Gasteiger partial charge in [-0.15, -0.1) is 11.8 Å². The van der Waals surface area contributed by atoms with Gasteiger partial charge in [-0.2, -0.15) is 0 Å². The number of hydrogen-bond donors (Lipinski definition) is 3. The quantitative estimate of drug-likeness (QED) is 0.340. The van der Waals surface area contributed by atoms with Crippen molar-refractivity contribution < 1.29 is 24.5 Å². The summed E-state index contributed by atoms with van der Waals surface area (Å²) in [5.41, 5.74) is 5.19. The van der Waals surface area contributed by atoms with E-state index in [0.717, 1.165) is 17.2 Å². The van der Waals surface area contributed by atoms with Crippen molar-refractivity contribution in [2.24, 2.45) is 5.73 Å². The minimum absolute atomic E-state index is 0.0683. The van der Waals surface area contributed by atoms with Gasteiger partial charge in [0.25, 0.3) is 0 Å². The predicted octanol–water partition coefficient (Wildman–Crippen LogP) is 0.0940. The lowest BCUT2D eigenvalue weighted by Gasteiger charge is -2.03. The van der Waals surface area contributed by atoms with E-state index in [1.165, 1.54) is 0 Å². The fraction of sp³-hybridized carbons (Fsp3) is 0.500. The average molecular weight is 235 g/mol. The van der Waals surface area contributed by atoms with Gasteiger partial charge in [-0.1, -0.05) is 0 Å². The van der Waals surface area contributed by atoms with Gasteiger partial charge < -0.3 is 20.7 Å². The van der Waals surface area contributed by atoms with Crippen LogP contribution in [0, 0.1) is 0 Å². The number of carboxylic acids is 1. The number of carbonyl (C=O) groups excluding carboxylic acids is 1. The average Bonchev–Trinajstić information content (AvgIpc) is 2.17. The number of rotatable bonds is 6. The number of thioether (sulfide) groups is 1. The number of aliphatic hydroxyl groups excluding tert-OH is 1. The van der Waals surface area contributed by atoms with Crippen LogP contribution < -0.4 is 5.73 Å². The Bertz CT molecular complexity index is 266. The molecule has 1 atom stereocenters. The molecule has 0 spiro atoms. The highest BCUT2D eigenvalue weighted by atomic mass is 32.2. The molecule has 0 aliphatic rings. The minimum Gasteiger partial charge on any atom is -0.501 e. The van der Waals surface area contributed by atoms with Crippen LogP contribution in [0.3, 0.4) is 0 Å². The molecule has 0 saturated carbocycles. The van der Waals surface area contributed by atoms with Gasteiger partial charge in [0.1, 0.15) is 6.04 Å². The van der Waals surface area contributed by atoms with E-state index in [4.69, 9.17) is 15.9 Å². The van der Waals surface area contributed by atoms with Crippen molar-refractivity contribution in [3.05, 3.63) is 11.2 Å². The molecule has 0 bridgehead atoms. The Morgan fingerprint density at radius 2 is 2.13 bits per heavy atom. The third kappa shape index (κ3) is 5.97. The van der Waals surface area contributed by atoms with Gasteiger partial charge in [-0.05, 0) is 6.92 Å². The van der Waals surface area contributed by atoms with Crippen LogP contribution in [0.1, 0.15) is 6.92 Å². The first-order valence-electron chi connectivity index (χ1n) is 4.15. The maximum absolute atomic E-state index is 10.9. The fourth-order valence-corrected chi connectivity index (χ4v) is 1.26. The molecule has 0 saturated heterocycles. The Balaban J connectivity index is 3.95. The third-order valence-corrected chi connectivity index (χ3v) is 2.21. The summed E-state index contributed by atoms with van der Waals surface area (Å²) in [6.07, 6.45) is 0. The summed E-state index contributed by atoms with van der Waals surface area (Å²) >= 11 is 0.933. The number of esters is 1. The molecule has 0 rings (SSSR count). The zero-order valence-electron chi connectivity index (χ0n) is 8.17. The second-order valence-electron chi connectivity index (χ2n) is 2.50. The van der Waals surface area contributed by atoms with Crippen LogP contribution in [-0.4, -0.2) is 40.6 Å². The van der Waals surface area contributed by atoms with Crippen molar-refractivity contribution in [2.75, 3.05) is 12.4 Å². The lowest BCUT2D eigenvalue weighted by Crippen LogP contribution is -2.32. The summed E-state index contributed by atoms with van der Waals surface area (Å²) in [7, 11) is 0. The molecule has 0 aromatic carbocycles. The van der Waals surface area contributed by atoms with E-state index in [1.54, 1.807) is 6.92 Å². The van der Waals surface area contributed by atoms with Crippen LogP contribution in [0.25, 0.3) is 0 Å². The Labute approximate surface area is 91.1 Å². The molecule has 0 aromatic heterocycles. The summed E-state index contributed by atoms with van der Waals surface area (Å²) < 4.78 is 4.49. The molecule has 86 valence electrons. The van der Waals surface area contributed by atoms with E-state index in [0.29, 0.717) is 0 Å². The molecule has 0 heterocycles. The van der Waals surface area contributed by atoms with Crippen molar-refractivity contribution >= 4 is 23.7 Å². The molecule has 0 amide bonds. The molecular weight excluding hydrogens is 222 g/mol. The van der Waals surface area contributed by atoms with Gasteiger partial charge >= 0.3 is 11.9 Å². The molecule has 4 N–H and O–H groups in total. The van der Waals surface area contributed by atoms with Gasteiger partial charge in [0.15, 0.2) is 0 Å². The molecular formula is C8H13NO5S. The van der Waals surface area contributed by atoms with Gasteiger partial charge in [-0.3, -0.25) is 4.79 Å². The van der Waals surface area contributed by atoms with E-state index in [-0.39, 0.29) is 12.4 Å². The lowest BCUT2D eigenvalue weighted by atomic mass is 10.4. The number of aliphatic carboxylic acids is 1. The van der Waals surface area contributed by atoms with Crippen LogP contribution in [0.5, 0.6) is 0 Å². The number of aliphatic hydroxyl groups is 1. The number of carbonyl (C=O) groups is 2. The maximum Gasteiger partial charge on any atom is 0.373 e. The van der Waals surface area contributed by atoms with E-state index in [2.05, 4.69) is 4.74 Å². The summed E-state index contributed by atoms with van der Waals surface area (Å²) in [5.74, 6) is -2.46. The Hall–Kier alpha value is -1.21. The molecule has 0 radical (unpaired) electrons. The molecule has 0 fully saturated rings. The zero-order chi connectivity index (χ0) is 11.8. The highest BCUT2D eigenvalue weighted by molar-refractivity contribution is 8.02. The topological polar surface area (TPSA) is 110 Å². The molecule has 0 aliphatic carbocycles. The molecule has 6 nitrogen and oxygen atoms in total. The largest absolute Gasteiger partial charge is 0.501 e. The van der Waals surface area contributed by atoms with Gasteiger partial charge in [0.2, 0.25) is 5.76 Å². The Kier molecular flexibility index (Phi) is 6.56. The van der Waals surface area contributed by atoms with Crippen LogP contribution in [-0.2, 0) is 14.3 Å². The summed E-state index contributed by atoms with van der Waals surface area (Å²) in [4.78, 5) is 21.1. The smallest absolute Gasteiger partial charge is 0.373 e. The van der Waals surface area contributed by atoms with Gasteiger partial charge in [0, 0.05) is 11.2 Å². The highest BCUT2D eigenvalue weighted by Crippen LogP contribution is 2.08. The normalized spacial score (nSPS) is 13.3.